The van der Waals surface area contributed by atoms with Crippen LogP contribution < -0.4 is 5.32 Å². The van der Waals surface area contributed by atoms with E-state index < -0.39 is 0 Å². The molecule has 0 fully saturated rings. The number of pyridine rings is 1. The summed E-state index contributed by atoms with van der Waals surface area (Å²) in [4.78, 5) is 30.6. The number of carbonyl (C=O) groups is 2. The van der Waals surface area contributed by atoms with Gasteiger partial charge in [-0.25, -0.2) is 0 Å². The normalized spacial score (nSPS) is 10.4. The fraction of sp³-hybridized carbons (Fsp3) is 0.350. The minimum Gasteiger partial charge on any atom is -0.340 e. The van der Waals surface area contributed by atoms with Crippen molar-refractivity contribution in [3.8, 4) is 0 Å². The lowest BCUT2D eigenvalue weighted by atomic mass is 10.1. The zero-order valence-electron chi connectivity index (χ0n) is 15.1. The summed E-state index contributed by atoms with van der Waals surface area (Å²) in [6, 6.07) is 10.9. The molecule has 0 saturated carbocycles. The summed E-state index contributed by atoms with van der Waals surface area (Å²) >= 11 is 0. The van der Waals surface area contributed by atoms with E-state index in [0.717, 1.165) is 24.9 Å². The average Bonchev–Trinajstić information content (AvgIpc) is 2.66. The maximum absolute atomic E-state index is 12.4. The summed E-state index contributed by atoms with van der Waals surface area (Å²) in [5, 5.41) is 2.85. The molecule has 132 valence electrons. The molecule has 2 aromatic rings. The minimum atomic E-state index is -0.253. The van der Waals surface area contributed by atoms with Crippen molar-refractivity contribution >= 4 is 17.5 Å². The number of nitrogens with one attached hydrogen (secondary N) is 1. The largest absolute Gasteiger partial charge is 0.340 e. The van der Waals surface area contributed by atoms with Gasteiger partial charge in [0.2, 0.25) is 0 Å². The third kappa shape index (κ3) is 5.14. The Balaban J connectivity index is 2.08. The number of nitrogens with zero attached hydrogens (tertiary/aromatic N) is 2. The Morgan fingerprint density at radius 3 is 2.48 bits per heavy atom. The van der Waals surface area contributed by atoms with Gasteiger partial charge in [-0.3, -0.25) is 14.6 Å². The molecule has 0 aliphatic carbocycles. The van der Waals surface area contributed by atoms with E-state index in [9.17, 15) is 9.59 Å². The molecular weight excluding hydrogens is 314 g/mol. The van der Waals surface area contributed by atoms with E-state index in [4.69, 9.17) is 0 Å². The van der Waals surface area contributed by atoms with Gasteiger partial charge in [0, 0.05) is 31.0 Å². The van der Waals surface area contributed by atoms with Gasteiger partial charge < -0.3 is 10.2 Å². The predicted molar refractivity (Wildman–Crippen MR) is 99.9 cm³/mol. The molecule has 5 nitrogen and oxygen atoms in total. The first-order valence-corrected chi connectivity index (χ1v) is 8.67. The third-order valence-corrected chi connectivity index (χ3v) is 4.06. The Morgan fingerprint density at radius 1 is 1.12 bits per heavy atom. The molecule has 5 heteroatoms. The van der Waals surface area contributed by atoms with Crippen LogP contribution in [0, 0.1) is 0 Å². The van der Waals surface area contributed by atoms with Crippen molar-refractivity contribution in [1.29, 1.82) is 0 Å². The van der Waals surface area contributed by atoms with Crippen molar-refractivity contribution < 1.29 is 9.59 Å². The fourth-order valence-corrected chi connectivity index (χ4v) is 2.41. The van der Waals surface area contributed by atoms with Crippen molar-refractivity contribution in [2.45, 2.75) is 33.1 Å². The second kappa shape index (κ2) is 8.97. The summed E-state index contributed by atoms with van der Waals surface area (Å²) in [6.45, 7) is 4.84. The smallest absolute Gasteiger partial charge is 0.272 e. The highest BCUT2D eigenvalue weighted by molar-refractivity contribution is 6.05. The van der Waals surface area contributed by atoms with Crippen molar-refractivity contribution in [3.05, 3.63) is 59.4 Å². The number of anilines is 1. The van der Waals surface area contributed by atoms with Crippen LogP contribution in [-0.2, 0) is 6.42 Å². The van der Waals surface area contributed by atoms with Crippen LogP contribution in [0.3, 0.4) is 0 Å². The van der Waals surface area contributed by atoms with Crippen LogP contribution in [0.15, 0.2) is 42.6 Å². The lowest BCUT2D eigenvalue weighted by Gasteiger charge is -2.16. The summed E-state index contributed by atoms with van der Waals surface area (Å²) < 4.78 is 0. The van der Waals surface area contributed by atoms with Gasteiger partial charge in [0.1, 0.15) is 5.69 Å². The summed E-state index contributed by atoms with van der Waals surface area (Å²) in [5.41, 5.74) is 2.64. The number of hydrogen-bond acceptors (Lipinski definition) is 3. The molecular formula is C20H25N3O2. The molecule has 1 heterocycles. The van der Waals surface area contributed by atoms with E-state index in [1.165, 1.54) is 11.8 Å². The number of carbonyl (C=O) groups excluding carboxylic acids is 2. The van der Waals surface area contributed by atoms with E-state index in [2.05, 4.69) is 24.1 Å². The van der Waals surface area contributed by atoms with E-state index >= 15 is 0 Å². The number of amides is 2. The van der Waals surface area contributed by atoms with Crippen molar-refractivity contribution in [3.63, 3.8) is 0 Å². The minimum absolute atomic E-state index is 0.171. The van der Waals surface area contributed by atoms with Crippen molar-refractivity contribution in [2.24, 2.45) is 0 Å². The van der Waals surface area contributed by atoms with Crippen LogP contribution in [0.2, 0.25) is 0 Å². The van der Waals surface area contributed by atoms with Crippen molar-refractivity contribution in [2.75, 3.05) is 18.9 Å². The first kappa shape index (κ1) is 18.6. The maximum Gasteiger partial charge on any atom is 0.272 e. The standard InChI is InChI=1S/C20H25N3O2/c1-4-6-13-23(3)20(25)18-14-16(11-12-21-18)19(24)22-17-9-7-15(5-2)8-10-17/h7-12,14H,4-6,13H2,1-3H3,(H,22,24). The van der Waals surface area contributed by atoms with E-state index in [0.29, 0.717) is 12.1 Å². The SMILES string of the molecule is CCCCN(C)C(=O)c1cc(C(=O)Nc2ccc(CC)cc2)ccn1. The number of aryl methyl sites for hydroxylation is 1. The number of aromatic nitrogens is 1. The summed E-state index contributed by atoms with van der Waals surface area (Å²) in [5.74, 6) is -0.424. The van der Waals surface area contributed by atoms with Gasteiger partial charge >= 0.3 is 0 Å². The van der Waals surface area contributed by atoms with E-state index in [1.54, 1.807) is 24.1 Å². The quantitative estimate of drug-likeness (QED) is 0.835. The molecule has 0 radical (unpaired) electrons. The zero-order valence-corrected chi connectivity index (χ0v) is 15.1. The molecule has 1 N–H and O–H groups in total. The number of rotatable bonds is 7. The van der Waals surface area contributed by atoms with Crippen LogP contribution in [0.4, 0.5) is 5.69 Å². The lowest BCUT2D eigenvalue weighted by Crippen LogP contribution is -2.28. The van der Waals surface area contributed by atoms with Gasteiger partial charge in [0.25, 0.3) is 11.8 Å². The highest BCUT2D eigenvalue weighted by atomic mass is 16.2. The molecule has 0 atom stereocenters. The van der Waals surface area contributed by atoms with Crippen LogP contribution in [0.1, 0.15) is 53.1 Å². The van der Waals surface area contributed by atoms with Crippen LogP contribution in [0.25, 0.3) is 0 Å². The Morgan fingerprint density at radius 2 is 1.84 bits per heavy atom. The highest BCUT2D eigenvalue weighted by Crippen LogP contribution is 2.13. The molecule has 25 heavy (non-hydrogen) atoms. The predicted octanol–water partition coefficient (Wildman–Crippen LogP) is 3.77. The van der Waals surface area contributed by atoms with Gasteiger partial charge in [-0.2, -0.15) is 0 Å². The Hall–Kier alpha value is -2.69. The van der Waals surface area contributed by atoms with Crippen LogP contribution in [-0.4, -0.2) is 35.3 Å². The molecule has 0 bridgehead atoms. The number of unbranched alkanes of at least 4 members (excludes halogenated alkanes) is 1. The Labute approximate surface area is 149 Å². The molecule has 2 amide bonds. The Bertz CT molecular complexity index is 726. The summed E-state index contributed by atoms with van der Waals surface area (Å²) in [6.07, 6.45) is 4.41. The van der Waals surface area contributed by atoms with Gasteiger partial charge in [0.15, 0.2) is 0 Å². The highest BCUT2D eigenvalue weighted by Gasteiger charge is 2.15. The van der Waals surface area contributed by atoms with Gasteiger partial charge in [-0.1, -0.05) is 32.4 Å². The molecule has 0 unspecified atom stereocenters. The van der Waals surface area contributed by atoms with Gasteiger partial charge in [-0.05, 0) is 42.7 Å². The second-order valence-electron chi connectivity index (χ2n) is 6.01. The first-order valence-electron chi connectivity index (χ1n) is 8.67. The first-order chi connectivity index (χ1) is 12.0. The molecule has 1 aromatic carbocycles. The van der Waals surface area contributed by atoms with E-state index in [-0.39, 0.29) is 17.5 Å². The molecule has 0 saturated heterocycles. The molecule has 1 aromatic heterocycles. The van der Waals surface area contributed by atoms with Gasteiger partial charge in [0.05, 0.1) is 0 Å². The van der Waals surface area contributed by atoms with E-state index in [1.807, 2.05) is 24.3 Å². The topological polar surface area (TPSA) is 62.3 Å². The maximum atomic E-state index is 12.4. The second-order valence-corrected chi connectivity index (χ2v) is 6.01. The van der Waals surface area contributed by atoms with Gasteiger partial charge in [-0.15, -0.1) is 0 Å². The third-order valence-electron chi connectivity index (χ3n) is 4.06. The molecule has 0 spiro atoms. The van der Waals surface area contributed by atoms with Crippen LogP contribution in [0.5, 0.6) is 0 Å². The monoisotopic (exact) mass is 339 g/mol. The molecule has 2 rings (SSSR count). The fourth-order valence-electron chi connectivity index (χ4n) is 2.41. The van der Waals surface area contributed by atoms with Crippen molar-refractivity contribution in [1.82, 2.24) is 9.88 Å². The van der Waals surface area contributed by atoms with Crippen LogP contribution >= 0.6 is 0 Å². The summed E-state index contributed by atoms with van der Waals surface area (Å²) in [7, 11) is 1.75. The average molecular weight is 339 g/mol. The number of hydrogen-bond donors (Lipinski definition) is 1. The number of benzene rings is 1. The Kier molecular flexibility index (Phi) is 6.69. The molecule has 0 aliphatic heterocycles. The molecule has 0 aliphatic rings. The zero-order chi connectivity index (χ0) is 18.2. The lowest BCUT2D eigenvalue weighted by molar-refractivity contribution is 0.0787.